The summed E-state index contributed by atoms with van der Waals surface area (Å²) in [7, 11) is 0. The van der Waals surface area contributed by atoms with Crippen molar-refractivity contribution in [2.24, 2.45) is 0 Å². The number of thiazole rings is 1. The Labute approximate surface area is 104 Å². The Balaban J connectivity index is 1.65. The van der Waals surface area contributed by atoms with E-state index in [0.717, 1.165) is 18.8 Å². The zero-order valence-electron chi connectivity index (χ0n) is 9.69. The third-order valence-electron chi connectivity index (χ3n) is 2.84. The molecular weight excluding hydrogens is 238 g/mol. The maximum Gasteiger partial charge on any atom is 0.365 e. The van der Waals surface area contributed by atoms with Crippen molar-refractivity contribution in [1.29, 1.82) is 0 Å². The highest BCUT2D eigenvalue weighted by Gasteiger charge is 2.11. The molecule has 1 fully saturated rings. The Morgan fingerprint density at radius 1 is 1.53 bits per heavy atom. The summed E-state index contributed by atoms with van der Waals surface area (Å²) in [5.74, 6) is -0.946. The van der Waals surface area contributed by atoms with Crippen LogP contribution in [-0.2, 0) is 6.54 Å². The Morgan fingerprint density at radius 3 is 2.94 bits per heavy atom. The molecule has 1 aromatic heterocycles. The van der Waals surface area contributed by atoms with Gasteiger partial charge in [0, 0.05) is 25.0 Å². The van der Waals surface area contributed by atoms with E-state index in [2.05, 4.69) is 15.2 Å². The molecule has 1 aliphatic heterocycles. The molecule has 0 radical (unpaired) electrons. The van der Waals surface area contributed by atoms with Crippen LogP contribution in [-0.4, -0.2) is 47.1 Å². The van der Waals surface area contributed by atoms with E-state index < -0.39 is 5.97 Å². The highest BCUT2D eigenvalue weighted by molar-refractivity contribution is 7.11. The number of nitrogens with zero attached hydrogens (tertiary/aromatic N) is 2. The first-order valence-electron chi connectivity index (χ1n) is 5.86. The van der Waals surface area contributed by atoms with Crippen molar-refractivity contribution >= 4 is 17.3 Å². The number of aromatic nitrogens is 1. The molecule has 1 aromatic rings. The molecule has 2 N–H and O–H groups in total. The van der Waals surface area contributed by atoms with E-state index in [1.54, 1.807) is 5.38 Å². The van der Waals surface area contributed by atoms with Crippen LogP contribution >= 0.6 is 11.3 Å². The van der Waals surface area contributed by atoms with Gasteiger partial charge in [-0.3, -0.25) is 0 Å². The minimum absolute atomic E-state index is 0.168. The highest BCUT2D eigenvalue weighted by atomic mass is 32.1. The number of aromatic carboxylic acids is 1. The van der Waals surface area contributed by atoms with Crippen molar-refractivity contribution in [3.8, 4) is 0 Å². The number of nitrogens with one attached hydrogen (secondary N) is 1. The topological polar surface area (TPSA) is 65.5 Å². The fourth-order valence-electron chi connectivity index (χ4n) is 1.95. The van der Waals surface area contributed by atoms with Crippen LogP contribution in [0.15, 0.2) is 5.38 Å². The number of likely N-dealkylation sites (tertiary alicyclic amines) is 1. The van der Waals surface area contributed by atoms with Crippen molar-refractivity contribution < 1.29 is 9.90 Å². The molecule has 0 saturated carbocycles. The van der Waals surface area contributed by atoms with Crippen molar-refractivity contribution in [1.82, 2.24) is 15.2 Å². The zero-order valence-corrected chi connectivity index (χ0v) is 10.5. The Morgan fingerprint density at radius 2 is 2.29 bits per heavy atom. The van der Waals surface area contributed by atoms with Gasteiger partial charge in [-0.05, 0) is 25.9 Å². The Bertz CT molecular complexity index is 375. The standard InChI is InChI=1S/C11H17N3O2S/c15-11(16)10-13-9(8-17-10)7-12-3-6-14-4-1-2-5-14/h8,12H,1-7H2,(H,15,16). The predicted octanol–water partition coefficient (Wildman–Crippen LogP) is 1.03. The van der Waals surface area contributed by atoms with Gasteiger partial charge in [-0.2, -0.15) is 0 Å². The highest BCUT2D eigenvalue weighted by Crippen LogP contribution is 2.09. The summed E-state index contributed by atoms with van der Waals surface area (Å²) in [5.41, 5.74) is 0.814. The largest absolute Gasteiger partial charge is 0.476 e. The molecule has 0 aliphatic carbocycles. The van der Waals surface area contributed by atoms with Gasteiger partial charge in [-0.1, -0.05) is 0 Å². The van der Waals surface area contributed by atoms with E-state index in [0.29, 0.717) is 6.54 Å². The second-order valence-electron chi connectivity index (χ2n) is 4.17. The van der Waals surface area contributed by atoms with Crippen molar-refractivity contribution in [3.05, 3.63) is 16.1 Å². The van der Waals surface area contributed by atoms with E-state index in [1.165, 1.54) is 37.3 Å². The summed E-state index contributed by atoms with van der Waals surface area (Å²) < 4.78 is 0. The number of rotatable bonds is 6. The number of hydrogen-bond donors (Lipinski definition) is 2. The smallest absolute Gasteiger partial charge is 0.365 e. The van der Waals surface area contributed by atoms with Gasteiger partial charge in [0.25, 0.3) is 0 Å². The lowest BCUT2D eigenvalue weighted by Gasteiger charge is -2.14. The number of carboxylic acid groups (broad SMARTS) is 1. The van der Waals surface area contributed by atoms with Gasteiger partial charge in [-0.25, -0.2) is 9.78 Å². The number of carbonyl (C=O) groups is 1. The maximum atomic E-state index is 10.6. The third kappa shape index (κ3) is 3.76. The van der Waals surface area contributed by atoms with Gasteiger partial charge in [0.2, 0.25) is 5.01 Å². The molecule has 0 aromatic carbocycles. The summed E-state index contributed by atoms with van der Waals surface area (Å²) in [6.45, 7) is 5.07. The molecule has 94 valence electrons. The van der Waals surface area contributed by atoms with Crippen LogP contribution in [0.5, 0.6) is 0 Å². The fraction of sp³-hybridized carbons (Fsp3) is 0.636. The van der Waals surface area contributed by atoms with Gasteiger partial charge in [-0.15, -0.1) is 11.3 Å². The van der Waals surface area contributed by atoms with Gasteiger partial charge in [0.1, 0.15) is 0 Å². The summed E-state index contributed by atoms with van der Waals surface area (Å²) in [6, 6.07) is 0. The maximum absolute atomic E-state index is 10.6. The van der Waals surface area contributed by atoms with Crippen molar-refractivity contribution in [3.63, 3.8) is 0 Å². The first-order valence-corrected chi connectivity index (χ1v) is 6.74. The Kier molecular flexibility index (Phi) is 4.47. The summed E-state index contributed by atoms with van der Waals surface area (Å²) in [4.78, 5) is 17.1. The molecule has 2 heterocycles. The monoisotopic (exact) mass is 255 g/mol. The molecule has 0 amide bonds. The van der Waals surface area contributed by atoms with E-state index in [9.17, 15) is 4.79 Å². The summed E-state index contributed by atoms with van der Waals surface area (Å²) in [6.07, 6.45) is 2.63. The van der Waals surface area contributed by atoms with E-state index in [-0.39, 0.29) is 5.01 Å². The molecule has 0 bridgehead atoms. The average Bonchev–Trinajstić information content (AvgIpc) is 2.96. The van der Waals surface area contributed by atoms with Crippen LogP contribution in [0, 0.1) is 0 Å². The fourth-order valence-corrected chi connectivity index (χ4v) is 2.60. The molecule has 5 nitrogen and oxygen atoms in total. The molecule has 6 heteroatoms. The minimum Gasteiger partial charge on any atom is -0.476 e. The van der Waals surface area contributed by atoms with Crippen LogP contribution < -0.4 is 5.32 Å². The predicted molar refractivity (Wildman–Crippen MR) is 66.5 cm³/mol. The zero-order chi connectivity index (χ0) is 12.1. The second kappa shape index (κ2) is 6.09. The minimum atomic E-state index is -0.946. The van der Waals surface area contributed by atoms with E-state index in [4.69, 9.17) is 5.11 Å². The molecular formula is C11H17N3O2S. The molecule has 1 saturated heterocycles. The molecule has 0 spiro atoms. The van der Waals surface area contributed by atoms with Gasteiger partial charge in [0.15, 0.2) is 0 Å². The van der Waals surface area contributed by atoms with Crippen LogP contribution in [0.25, 0.3) is 0 Å². The van der Waals surface area contributed by atoms with Gasteiger partial charge < -0.3 is 15.3 Å². The van der Waals surface area contributed by atoms with Gasteiger partial charge in [0.05, 0.1) is 5.69 Å². The van der Waals surface area contributed by atoms with Crippen molar-refractivity contribution in [2.45, 2.75) is 19.4 Å². The lowest BCUT2D eigenvalue weighted by molar-refractivity contribution is 0.0696. The quantitative estimate of drug-likeness (QED) is 0.743. The lowest BCUT2D eigenvalue weighted by atomic mass is 10.4. The SMILES string of the molecule is O=C(O)c1nc(CNCCN2CCCC2)cs1. The molecule has 0 atom stereocenters. The first-order chi connectivity index (χ1) is 8.25. The molecule has 1 aliphatic rings. The normalized spacial score (nSPS) is 16.5. The first kappa shape index (κ1) is 12.5. The average molecular weight is 255 g/mol. The molecule has 0 unspecified atom stereocenters. The molecule has 17 heavy (non-hydrogen) atoms. The summed E-state index contributed by atoms with van der Waals surface area (Å²) in [5, 5.41) is 14.0. The number of hydrogen-bond acceptors (Lipinski definition) is 5. The van der Waals surface area contributed by atoms with Crippen LogP contribution in [0.1, 0.15) is 28.3 Å². The van der Waals surface area contributed by atoms with E-state index in [1.807, 2.05) is 0 Å². The summed E-state index contributed by atoms with van der Waals surface area (Å²) >= 11 is 1.18. The van der Waals surface area contributed by atoms with Crippen LogP contribution in [0.4, 0.5) is 0 Å². The molecule has 2 rings (SSSR count). The third-order valence-corrected chi connectivity index (χ3v) is 3.72. The van der Waals surface area contributed by atoms with Crippen LogP contribution in [0.3, 0.4) is 0 Å². The van der Waals surface area contributed by atoms with Crippen LogP contribution in [0.2, 0.25) is 0 Å². The van der Waals surface area contributed by atoms with Crippen molar-refractivity contribution in [2.75, 3.05) is 26.2 Å². The van der Waals surface area contributed by atoms with Gasteiger partial charge >= 0.3 is 5.97 Å². The second-order valence-corrected chi connectivity index (χ2v) is 5.03. The lowest BCUT2D eigenvalue weighted by Crippen LogP contribution is -2.29. The van der Waals surface area contributed by atoms with E-state index >= 15 is 0 Å². The Hall–Kier alpha value is -0.980. The number of carboxylic acids is 1.